The van der Waals surface area contributed by atoms with E-state index in [0.29, 0.717) is 40.8 Å². The normalized spacial score (nSPS) is 10.3. The third kappa shape index (κ3) is 5.20. The van der Waals surface area contributed by atoms with Crippen molar-refractivity contribution in [3.63, 3.8) is 0 Å². The zero-order valence-electron chi connectivity index (χ0n) is 16.3. The summed E-state index contributed by atoms with van der Waals surface area (Å²) in [4.78, 5) is 14.4. The molecule has 0 radical (unpaired) electrons. The van der Waals surface area contributed by atoms with Gasteiger partial charge in [0, 0.05) is 25.5 Å². The van der Waals surface area contributed by atoms with Crippen LogP contribution < -0.4 is 24.4 Å². The highest BCUT2D eigenvalue weighted by molar-refractivity contribution is 6.31. The van der Waals surface area contributed by atoms with Crippen LogP contribution in [0.1, 0.15) is 12.0 Å². The minimum Gasteiger partial charge on any atom is -0.493 e. The SMILES string of the molecule is COc1cc(CCC(=O)Nc2cc(Cl)ccc2N(C)C)cc(OC)c1OC. The van der Waals surface area contributed by atoms with E-state index in [-0.39, 0.29) is 5.91 Å². The Balaban J connectivity index is 2.11. The molecule has 27 heavy (non-hydrogen) atoms. The van der Waals surface area contributed by atoms with Gasteiger partial charge in [-0.2, -0.15) is 0 Å². The van der Waals surface area contributed by atoms with E-state index >= 15 is 0 Å². The summed E-state index contributed by atoms with van der Waals surface area (Å²) in [6.07, 6.45) is 0.832. The first-order valence-corrected chi connectivity index (χ1v) is 8.83. The summed E-state index contributed by atoms with van der Waals surface area (Å²) in [5, 5.41) is 3.50. The lowest BCUT2D eigenvalue weighted by Gasteiger charge is -2.18. The van der Waals surface area contributed by atoms with Gasteiger partial charge in [0.2, 0.25) is 11.7 Å². The summed E-state index contributed by atoms with van der Waals surface area (Å²) in [5.74, 6) is 1.56. The fourth-order valence-electron chi connectivity index (χ4n) is 2.75. The third-order valence-corrected chi connectivity index (χ3v) is 4.31. The van der Waals surface area contributed by atoms with Crippen molar-refractivity contribution in [3.8, 4) is 17.2 Å². The Morgan fingerprint density at radius 1 is 1.04 bits per heavy atom. The summed E-state index contributed by atoms with van der Waals surface area (Å²) in [6.45, 7) is 0. The van der Waals surface area contributed by atoms with Crippen LogP contribution in [0.2, 0.25) is 5.02 Å². The van der Waals surface area contributed by atoms with Gasteiger partial charge >= 0.3 is 0 Å². The average Bonchev–Trinajstić information content (AvgIpc) is 2.65. The quantitative estimate of drug-likeness (QED) is 0.735. The standard InChI is InChI=1S/C20H25ClN2O4/c1-23(2)16-8-7-14(21)12-15(16)22-19(24)9-6-13-10-17(25-3)20(27-5)18(11-13)26-4/h7-8,10-12H,6,9H2,1-5H3,(H,22,24). The number of carbonyl (C=O) groups excluding carboxylic acids is 1. The first-order valence-electron chi connectivity index (χ1n) is 8.45. The molecule has 7 heteroatoms. The Morgan fingerprint density at radius 2 is 1.67 bits per heavy atom. The van der Waals surface area contributed by atoms with Gasteiger partial charge in [-0.25, -0.2) is 0 Å². The maximum absolute atomic E-state index is 12.4. The predicted molar refractivity (Wildman–Crippen MR) is 109 cm³/mol. The Kier molecular flexibility index (Phi) is 7.19. The van der Waals surface area contributed by atoms with Crippen LogP contribution in [0.15, 0.2) is 30.3 Å². The molecule has 2 aromatic carbocycles. The number of halogens is 1. The van der Waals surface area contributed by atoms with E-state index in [1.165, 1.54) is 0 Å². The third-order valence-electron chi connectivity index (χ3n) is 4.08. The number of methoxy groups -OCH3 is 3. The Bertz CT molecular complexity index is 784. The van der Waals surface area contributed by atoms with Crippen LogP contribution in [0.5, 0.6) is 17.2 Å². The number of aryl methyl sites for hydroxylation is 1. The van der Waals surface area contributed by atoms with Gasteiger partial charge in [0.05, 0.1) is 32.7 Å². The number of hydrogen-bond acceptors (Lipinski definition) is 5. The summed E-state index contributed by atoms with van der Waals surface area (Å²) in [6, 6.07) is 9.10. The first kappa shape index (κ1) is 20.7. The van der Waals surface area contributed by atoms with Crippen molar-refractivity contribution < 1.29 is 19.0 Å². The van der Waals surface area contributed by atoms with E-state index < -0.39 is 0 Å². The number of amides is 1. The van der Waals surface area contributed by atoms with Crippen LogP contribution in [-0.2, 0) is 11.2 Å². The van der Waals surface area contributed by atoms with Crippen molar-refractivity contribution in [1.29, 1.82) is 0 Å². The van der Waals surface area contributed by atoms with Crippen LogP contribution in [-0.4, -0.2) is 41.3 Å². The average molecular weight is 393 g/mol. The summed E-state index contributed by atoms with van der Waals surface area (Å²) < 4.78 is 16.0. The maximum Gasteiger partial charge on any atom is 0.224 e. The summed E-state index contributed by atoms with van der Waals surface area (Å²) >= 11 is 6.06. The van der Waals surface area contributed by atoms with Gasteiger partial charge in [-0.15, -0.1) is 0 Å². The molecule has 0 bridgehead atoms. The van der Waals surface area contributed by atoms with Crippen molar-refractivity contribution in [2.24, 2.45) is 0 Å². The minimum atomic E-state index is -0.103. The summed E-state index contributed by atoms with van der Waals surface area (Å²) in [7, 11) is 8.51. The molecule has 0 aromatic heterocycles. The predicted octanol–water partition coefficient (Wildman–Crippen LogP) is 4.00. The zero-order valence-corrected chi connectivity index (χ0v) is 17.0. The fraction of sp³-hybridized carbons (Fsp3) is 0.350. The lowest BCUT2D eigenvalue weighted by atomic mass is 10.1. The second-order valence-electron chi connectivity index (χ2n) is 6.14. The number of carbonyl (C=O) groups is 1. The van der Waals surface area contributed by atoms with Crippen LogP contribution >= 0.6 is 11.6 Å². The van der Waals surface area contributed by atoms with Crippen LogP contribution in [0.4, 0.5) is 11.4 Å². The maximum atomic E-state index is 12.4. The second-order valence-corrected chi connectivity index (χ2v) is 6.57. The molecule has 6 nitrogen and oxygen atoms in total. The van der Waals surface area contributed by atoms with Gasteiger partial charge in [-0.3, -0.25) is 4.79 Å². The highest BCUT2D eigenvalue weighted by Crippen LogP contribution is 2.38. The van der Waals surface area contributed by atoms with Crippen LogP contribution in [0, 0.1) is 0 Å². The number of nitrogens with zero attached hydrogens (tertiary/aromatic N) is 1. The minimum absolute atomic E-state index is 0.103. The van der Waals surface area contributed by atoms with E-state index in [4.69, 9.17) is 25.8 Å². The lowest BCUT2D eigenvalue weighted by Crippen LogP contribution is -2.17. The van der Waals surface area contributed by atoms with E-state index in [1.54, 1.807) is 33.5 Å². The largest absolute Gasteiger partial charge is 0.493 e. The monoisotopic (exact) mass is 392 g/mol. The lowest BCUT2D eigenvalue weighted by molar-refractivity contribution is -0.116. The van der Waals surface area contributed by atoms with Gasteiger partial charge in [-0.05, 0) is 42.3 Å². The second kappa shape index (κ2) is 9.37. The molecule has 0 aliphatic heterocycles. The number of anilines is 2. The van der Waals surface area contributed by atoms with Crippen LogP contribution in [0.25, 0.3) is 0 Å². The molecule has 1 N–H and O–H groups in total. The molecule has 146 valence electrons. The number of benzene rings is 2. The van der Waals surface area contributed by atoms with E-state index in [1.807, 2.05) is 37.2 Å². The molecule has 0 saturated carbocycles. The zero-order chi connectivity index (χ0) is 20.0. The topological polar surface area (TPSA) is 60.0 Å². The highest BCUT2D eigenvalue weighted by atomic mass is 35.5. The highest BCUT2D eigenvalue weighted by Gasteiger charge is 2.14. The molecule has 1 amide bonds. The van der Waals surface area contributed by atoms with Gasteiger partial charge < -0.3 is 24.4 Å². The molecule has 0 atom stereocenters. The van der Waals surface area contributed by atoms with Crippen molar-refractivity contribution in [3.05, 3.63) is 40.9 Å². The molecular formula is C20H25ClN2O4. The molecule has 2 aromatic rings. The number of ether oxygens (including phenoxy) is 3. The van der Waals surface area contributed by atoms with E-state index in [0.717, 1.165) is 11.3 Å². The van der Waals surface area contributed by atoms with Crippen molar-refractivity contribution in [2.75, 3.05) is 45.6 Å². The van der Waals surface area contributed by atoms with E-state index in [9.17, 15) is 4.79 Å². The molecule has 0 aliphatic rings. The Labute approximate surface area is 165 Å². The van der Waals surface area contributed by atoms with Gasteiger partial charge in [0.1, 0.15) is 0 Å². The molecule has 2 rings (SSSR count). The smallest absolute Gasteiger partial charge is 0.224 e. The molecule has 0 spiro atoms. The fourth-order valence-corrected chi connectivity index (χ4v) is 2.92. The molecule has 0 aliphatic carbocycles. The van der Waals surface area contributed by atoms with Crippen LogP contribution in [0.3, 0.4) is 0 Å². The number of nitrogens with one attached hydrogen (secondary N) is 1. The van der Waals surface area contributed by atoms with Crippen molar-refractivity contribution in [1.82, 2.24) is 0 Å². The Hall–Kier alpha value is -2.60. The molecule has 0 fully saturated rings. The summed E-state index contributed by atoms with van der Waals surface area (Å²) in [5.41, 5.74) is 2.49. The van der Waals surface area contributed by atoms with Crippen molar-refractivity contribution in [2.45, 2.75) is 12.8 Å². The van der Waals surface area contributed by atoms with Crippen molar-refractivity contribution >= 4 is 28.9 Å². The number of hydrogen-bond donors (Lipinski definition) is 1. The number of rotatable bonds is 8. The van der Waals surface area contributed by atoms with E-state index in [2.05, 4.69) is 5.32 Å². The van der Waals surface area contributed by atoms with Gasteiger partial charge in [-0.1, -0.05) is 11.6 Å². The molecule has 0 saturated heterocycles. The Morgan fingerprint density at radius 3 is 2.19 bits per heavy atom. The molecular weight excluding hydrogens is 368 g/mol. The van der Waals surface area contributed by atoms with Gasteiger partial charge in [0.15, 0.2) is 11.5 Å². The first-order chi connectivity index (χ1) is 12.9. The molecule has 0 heterocycles. The van der Waals surface area contributed by atoms with Gasteiger partial charge in [0.25, 0.3) is 0 Å². The molecule has 0 unspecified atom stereocenters.